The number of hydrogen-bond donors (Lipinski definition) is 3. The molecule has 0 radical (unpaired) electrons. The zero-order valence-electron chi connectivity index (χ0n) is 20.9. The fourth-order valence-electron chi connectivity index (χ4n) is 4.68. The molecule has 1 aliphatic heterocycles. The Balaban J connectivity index is 0.000000392. The topological polar surface area (TPSA) is 103 Å². The highest BCUT2D eigenvalue weighted by Crippen LogP contribution is 2.36. The number of rotatable bonds is 7. The molecule has 1 aromatic heterocycles. The van der Waals surface area contributed by atoms with Crippen molar-refractivity contribution in [1.29, 1.82) is 0 Å². The van der Waals surface area contributed by atoms with E-state index in [0.29, 0.717) is 0 Å². The molecule has 0 saturated heterocycles. The third kappa shape index (κ3) is 8.35. The fourth-order valence-corrected chi connectivity index (χ4v) is 4.99. The molecule has 8 heteroatoms. The van der Waals surface area contributed by atoms with Crippen molar-refractivity contribution in [2.24, 2.45) is 5.92 Å². The van der Waals surface area contributed by atoms with Crippen molar-refractivity contribution in [2.45, 2.75) is 57.8 Å². The highest BCUT2D eigenvalue weighted by Gasteiger charge is 2.19. The van der Waals surface area contributed by atoms with Crippen LogP contribution in [0.1, 0.15) is 61.6 Å². The van der Waals surface area contributed by atoms with Crippen LogP contribution in [0.5, 0.6) is 0 Å². The number of aliphatic carboxylic acids is 2. The molecule has 1 fully saturated rings. The summed E-state index contributed by atoms with van der Waals surface area (Å²) < 4.78 is 0. The summed E-state index contributed by atoms with van der Waals surface area (Å²) in [7, 11) is 2.07. The number of carboxylic acid groups (broad SMARTS) is 2. The van der Waals surface area contributed by atoms with Crippen molar-refractivity contribution in [3.63, 3.8) is 0 Å². The molecule has 1 aromatic carbocycles. The van der Waals surface area contributed by atoms with Gasteiger partial charge in [0.15, 0.2) is 0 Å². The number of nitrogens with zero attached hydrogens (tertiary/aromatic N) is 2. The normalized spacial score (nSPS) is 15.9. The van der Waals surface area contributed by atoms with Gasteiger partial charge in [-0.05, 0) is 79.6 Å². The number of carboxylic acids is 2. The zero-order chi connectivity index (χ0) is 25.9. The number of halogens is 1. The minimum Gasteiger partial charge on any atom is -0.481 e. The van der Waals surface area contributed by atoms with Gasteiger partial charge in [-0.2, -0.15) is 0 Å². The van der Waals surface area contributed by atoms with Crippen molar-refractivity contribution in [3.05, 3.63) is 58.3 Å². The van der Waals surface area contributed by atoms with Crippen LogP contribution in [0.2, 0.25) is 5.02 Å². The number of hydrogen-bond acceptors (Lipinski definition) is 5. The lowest BCUT2D eigenvalue weighted by atomic mass is 9.89. The van der Waals surface area contributed by atoms with Gasteiger partial charge in [0.2, 0.25) is 0 Å². The Morgan fingerprint density at radius 1 is 1.06 bits per heavy atom. The van der Waals surface area contributed by atoms with Gasteiger partial charge in [0.1, 0.15) is 5.82 Å². The Morgan fingerprint density at radius 2 is 1.75 bits per heavy atom. The lowest BCUT2D eigenvalue weighted by Crippen LogP contribution is -2.17. The van der Waals surface area contributed by atoms with Crippen molar-refractivity contribution in [1.82, 2.24) is 10.3 Å². The second-order valence-corrected chi connectivity index (χ2v) is 9.74. The van der Waals surface area contributed by atoms with Crippen molar-refractivity contribution >= 4 is 41.1 Å². The molecule has 0 bridgehead atoms. The van der Waals surface area contributed by atoms with Crippen molar-refractivity contribution in [2.75, 3.05) is 25.0 Å². The maximum absolute atomic E-state index is 9.64. The van der Waals surface area contributed by atoms with E-state index in [2.05, 4.69) is 47.6 Å². The van der Waals surface area contributed by atoms with E-state index in [1.54, 1.807) is 0 Å². The second-order valence-electron chi connectivity index (χ2n) is 9.34. The Labute approximate surface area is 218 Å². The number of fused-ring (bicyclic) bond motifs is 1. The van der Waals surface area contributed by atoms with E-state index in [0.717, 1.165) is 48.4 Å². The summed E-state index contributed by atoms with van der Waals surface area (Å²) in [5.74, 6) is -0.481. The Bertz CT molecular complexity index is 1040. The van der Waals surface area contributed by atoms with Crippen LogP contribution in [-0.4, -0.2) is 47.3 Å². The van der Waals surface area contributed by atoms with Crippen LogP contribution >= 0.6 is 11.6 Å². The summed E-state index contributed by atoms with van der Waals surface area (Å²) >= 11 is 6.63. The Kier molecular flexibility index (Phi) is 10.8. The quantitative estimate of drug-likeness (QED) is 0.435. The fraction of sp³-hybridized carbons (Fsp3) is 0.464. The van der Waals surface area contributed by atoms with Crippen LogP contribution in [0.3, 0.4) is 0 Å². The highest BCUT2D eigenvalue weighted by molar-refractivity contribution is 6.33. The van der Waals surface area contributed by atoms with Gasteiger partial charge in [-0.15, -0.1) is 0 Å². The van der Waals surface area contributed by atoms with Gasteiger partial charge in [-0.1, -0.05) is 49.1 Å². The lowest BCUT2D eigenvalue weighted by Gasteiger charge is -2.24. The van der Waals surface area contributed by atoms with Crippen molar-refractivity contribution < 1.29 is 19.8 Å². The molecule has 0 atom stereocenters. The van der Waals surface area contributed by atoms with Gasteiger partial charge in [0.25, 0.3) is 0 Å². The van der Waals surface area contributed by atoms with Crippen LogP contribution in [-0.2, 0) is 22.4 Å². The first-order valence-corrected chi connectivity index (χ1v) is 13.1. The average molecular weight is 514 g/mol. The second kappa shape index (κ2) is 14.0. The molecular formula is C28H36ClN3O4. The van der Waals surface area contributed by atoms with Crippen LogP contribution in [0.15, 0.2) is 36.5 Å². The highest BCUT2D eigenvalue weighted by atomic mass is 35.5. The van der Waals surface area contributed by atoms with Crippen LogP contribution < -0.4 is 10.2 Å². The minimum absolute atomic E-state index is 0.296. The molecule has 1 aliphatic carbocycles. The van der Waals surface area contributed by atoms with E-state index >= 15 is 0 Å². The molecule has 2 heterocycles. The predicted molar refractivity (Wildman–Crippen MR) is 144 cm³/mol. The van der Waals surface area contributed by atoms with E-state index in [-0.39, 0.29) is 12.8 Å². The van der Waals surface area contributed by atoms with E-state index < -0.39 is 11.9 Å². The van der Waals surface area contributed by atoms with Gasteiger partial charge in [0, 0.05) is 13.2 Å². The Hall–Kier alpha value is -2.90. The first-order valence-electron chi connectivity index (χ1n) is 12.7. The molecule has 0 amide bonds. The third-order valence-corrected chi connectivity index (χ3v) is 6.97. The van der Waals surface area contributed by atoms with Gasteiger partial charge in [-0.25, -0.2) is 4.98 Å². The molecule has 36 heavy (non-hydrogen) atoms. The van der Waals surface area contributed by atoms with Gasteiger partial charge in [0.05, 0.1) is 23.6 Å². The largest absolute Gasteiger partial charge is 0.481 e. The van der Waals surface area contributed by atoms with Crippen molar-refractivity contribution in [3.8, 4) is 0 Å². The van der Waals surface area contributed by atoms with E-state index in [9.17, 15) is 9.59 Å². The molecule has 0 spiro atoms. The zero-order valence-corrected chi connectivity index (χ0v) is 21.6. The number of nitrogens with one attached hydrogen (secondary N) is 1. The summed E-state index contributed by atoms with van der Waals surface area (Å²) in [6, 6.07) is 8.47. The first-order chi connectivity index (χ1) is 17.3. The SMILES string of the molecule is CN(c1ccc(/C=C\C2CCCCC2)cn1)c1c(Cl)ccc2c1CCNCC2.O=C(O)CCC(=O)O. The maximum Gasteiger partial charge on any atom is 0.303 e. The average Bonchev–Trinajstić information content (AvgIpc) is 3.13. The summed E-state index contributed by atoms with van der Waals surface area (Å²) in [6.07, 6.45) is 14.8. The number of anilines is 2. The summed E-state index contributed by atoms with van der Waals surface area (Å²) in [5, 5.41) is 20.1. The van der Waals surface area contributed by atoms with E-state index in [1.807, 2.05) is 12.3 Å². The van der Waals surface area contributed by atoms with Crippen LogP contribution in [0.25, 0.3) is 6.08 Å². The third-order valence-electron chi connectivity index (χ3n) is 6.67. The number of pyridine rings is 1. The molecule has 0 unspecified atom stereocenters. The van der Waals surface area contributed by atoms with Crippen LogP contribution in [0.4, 0.5) is 11.5 Å². The van der Waals surface area contributed by atoms with E-state index in [1.165, 1.54) is 48.8 Å². The minimum atomic E-state index is -1.08. The van der Waals surface area contributed by atoms with E-state index in [4.69, 9.17) is 26.8 Å². The summed E-state index contributed by atoms with van der Waals surface area (Å²) in [6.45, 7) is 2.02. The molecular weight excluding hydrogens is 478 g/mol. The standard InChI is InChI=1S/C24H30ClN3.C4H6O4/c1-28(24-21-14-16-26-15-13-20(21)10-11-22(24)25)23-12-9-19(17-27-23)8-7-18-5-3-2-4-6-18;5-3(6)1-2-4(7)8/h7-12,17-18,26H,2-6,13-16H2,1H3;1-2H2,(H,5,6)(H,7,8)/b8-7-;. The lowest BCUT2D eigenvalue weighted by molar-refractivity contribution is -0.143. The molecule has 2 aliphatic rings. The molecule has 1 saturated carbocycles. The van der Waals surface area contributed by atoms with Gasteiger partial charge in [-0.3, -0.25) is 9.59 Å². The van der Waals surface area contributed by atoms with Gasteiger partial charge >= 0.3 is 11.9 Å². The number of benzene rings is 1. The van der Waals surface area contributed by atoms with Crippen LogP contribution in [0, 0.1) is 5.92 Å². The maximum atomic E-state index is 9.64. The number of carbonyl (C=O) groups is 2. The molecule has 4 rings (SSSR count). The molecule has 3 N–H and O–H groups in total. The van der Waals surface area contributed by atoms with Gasteiger partial charge < -0.3 is 20.4 Å². The number of aromatic nitrogens is 1. The summed E-state index contributed by atoms with van der Waals surface area (Å²) in [5.41, 5.74) is 5.01. The smallest absolute Gasteiger partial charge is 0.303 e. The molecule has 7 nitrogen and oxygen atoms in total. The molecule has 194 valence electrons. The summed E-state index contributed by atoms with van der Waals surface area (Å²) in [4.78, 5) is 26.2. The Morgan fingerprint density at radius 3 is 2.39 bits per heavy atom. The molecule has 2 aromatic rings. The first kappa shape index (κ1) is 27.7. The number of allylic oxidation sites excluding steroid dienone is 1. The monoisotopic (exact) mass is 513 g/mol. The predicted octanol–water partition coefficient (Wildman–Crippen LogP) is 5.72.